The third-order valence-electron chi connectivity index (χ3n) is 5.14. The van der Waals surface area contributed by atoms with Crippen molar-refractivity contribution in [3.8, 4) is 6.07 Å². The second-order valence-electron chi connectivity index (χ2n) is 6.65. The first-order chi connectivity index (χ1) is 13.1. The van der Waals surface area contributed by atoms with Crippen molar-refractivity contribution in [3.05, 3.63) is 65.8 Å². The van der Waals surface area contributed by atoms with Crippen LogP contribution in [0.2, 0.25) is 0 Å². The van der Waals surface area contributed by atoms with Crippen molar-refractivity contribution in [1.82, 2.24) is 4.98 Å². The van der Waals surface area contributed by atoms with Crippen molar-refractivity contribution >= 4 is 16.9 Å². The summed E-state index contributed by atoms with van der Waals surface area (Å²) in [6.45, 7) is 0.738. The number of nitriles is 1. The third-order valence-corrected chi connectivity index (χ3v) is 5.14. The molecular weight excluding hydrogens is 347 g/mol. The number of oxazole rings is 1. The summed E-state index contributed by atoms with van der Waals surface area (Å²) in [4.78, 5) is 17.9. The Kier molecular flexibility index (Phi) is 4.46. The molecule has 1 saturated heterocycles. The number of benzene rings is 2. The molecule has 3 aromatic rings. The van der Waals surface area contributed by atoms with Gasteiger partial charge in [-0.3, -0.25) is 4.79 Å². The number of halogens is 1. The molecule has 0 spiro atoms. The molecule has 6 heteroatoms. The van der Waals surface area contributed by atoms with E-state index in [4.69, 9.17) is 9.15 Å². The van der Waals surface area contributed by atoms with Crippen molar-refractivity contribution < 1.29 is 18.3 Å². The van der Waals surface area contributed by atoms with Gasteiger partial charge in [0.15, 0.2) is 17.3 Å². The predicted molar refractivity (Wildman–Crippen MR) is 95.5 cm³/mol. The first kappa shape index (κ1) is 17.4. The Morgan fingerprint density at radius 1 is 1.19 bits per heavy atom. The van der Waals surface area contributed by atoms with Crippen LogP contribution in [0.5, 0.6) is 0 Å². The Morgan fingerprint density at radius 3 is 2.67 bits per heavy atom. The molecule has 0 radical (unpaired) electrons. The van der Waals surface area contributed by atoms with Crippen LogP contribution in [0.3, 0.4) is 0 Å². The van der Waals surface area contributed by atoms with Crippen LogP contribution in [-0.2, 0) is 14.9 Å². The van der Waals surface area contributed by atoms with Gasteiger partial charge in [0.1, 0.15) is 11.3 Å². The van der Waals surface area contributed by atoms with E-state index in [2.05, 4.69) is 4.98 Å². The number of hydrogen-bond acceptors (Lipinski definition) is 5. The highest BCUT2D eigenvalue weighted by molar-refractivity contribution is 5.97. The molecule has 136 valence electrons. The van der Waals surface area contributed by atoms with Crippen molar-refractivity contribution in [2.45, 2.75) is 24.2 Å². The summed E-state index contributed by atoms with van der Waals surface area (Å²) in [6, 6.07) is 15.2. The molecule has 1 fully saturated rings. The van der Waals surface area contributed by atoms with Crippen LogP contribution >= 0.6 is 0 Å². The maximum atomic E-state index is 13.9. The van der Waals surface area contributed by atoms with Crippen LogP contribution in [0.4, 0.5) is 4.39 Å². The van der Waals surface area contributed by atoms with Crippen LogP contribution in [-0.4, -0.2) is 24.0 Å². The fourth-order valence-electron chi connectivity index (χ4n) is 3.70. The minimum absolute atomic E-state index is 0.0750. The molecule has 1 aromatic heterocycles. The zero-order chi connectivity index (χ0) is 18.9. The first-order valence-electron chi connectivity index (χ1n) is 8.77. The number of rotatable bonds is 4. The first-order valence-corrected chi connectivity index (χ1v) is 8.77. The Labute approximate surface area is 155 Å². The van der Waals surface area contributed by atoms with E-state index in [0.717, 1.165) is 0 Å². The fourth-order valence-corrected chi connectivity index (χ4v) is 3.70. The SMILES string of the molecule is N#CC(C(=O)C1(c2cccc(F)c2)CCOCC1)c1nc2ccccc2o1. The normalized spacial score (nSPS) is 17.3. The van der Waals surface area contributed by atoms with E-state index >= 15 is 0 Å². The molecule has 0 amide bonds. The molecule has 2 heterocycles. The van der Waals surface area contributed by atoms with Crippen molar-refractivity contribution in [1.29, 1.82) is 5.26 Å². The summed E-state index contributed by atoms with van der Waals surface area (Å²) in [5, 5.41) is 9.75. The summed E-state index contributed by atoms with van der Waals surface area (Å²) >= 11 is 0. The van der Waals surface area contributed by atoms with Crippen molar-refractivity contribution in [3.63, 3.8) is 0 Å². The van der Waals surface area contributed by atoms with Gasteiger partial charge >= 0.3 is 0 Å². The van der Waals surface area contributed by atoms with Gasteiger partial charge in [-0.15, -0.1) is 0 Å². The molecule has 0 saturated carbocycles. The average Bonchev–Trinajstić information content (AvgIpc) is 3.12. The van der Waals surface area contributed by atoms with E-state index in [1.54, 1.807) is 30.3 Å². The highest BCUT2D eigenvalue weighted by Gasteiger charge is 2.46. The molecule has 2 aromatic carbocycles. The summed E-state index contributed by atoms with van der Waals surface area (Å²) in [5.74, 6) is -1.84. The summed E-state index contributed by atoms with van der Waals surface area (Å²) < 4.78 is 25.0. The number of aromatic nitrogens is 1. The highest BCUT2D eigenvalue weighted by Crippen LogP contribution is 2.40. The number of Topliss-reactive ketones (excluding diaryl/α,β-unsaturated/α-hetero) is 1. The number of ether oxygens (including phenoxy) is 1. The highest BCUT2D eigenvalue weighted by atomic mass is 19.1. The summed E-state index contributed by atoms with van der Waals surface area (Å²) in [6.07, 6.45) is 0.765. The van der Waals surface area contributed by atoms with E-state index in [9.17, 15) is 14.4 Å². The third kappa shape index (κ3) is 3.00. The Hall–Kier alpha value is -3.04. The van der Waals surface area contributed by atoms with Gasteiger partial charge in [-0.1, -0.05) is 24.3 Å². The van der Waals surface area contributed by atoms with E-state index in [-0.39, 0.29) is 11.7 Å². The largest absolute Gasteiger partial charge is 0.439 e. The van der Waals surface area contributed by atoms with E-state index < -0.39 is 17.2 Å². The standard InChI is InChI=1S/C21H17FN2O3/c22-15-5-3-4-14(12-15)21(8-10-26-11-9-21)19(25)16(13-23)20-24-17-6-1-2-7-18(17)27-20/h1-7,12,16H,8-11H2. The molecule has 4 rings (SSSR count). The molecule has 27 heavy (non-hydrogen) atoms. The monoisotopic (exact) mass is 364 g/mol. The predicted octanol–water partition coefficient (Wildman–Crippen LogP) is 3.89. The molecule has 1 unspecified atom stereocenters. The number of para-hydroxylation sites is 2. The molecule has 1 atom stereocenters. The minimum atomic E-state index is -1.17. The summed E-state index contributed by atoms with van der Waals surface area (Å²) in [5.41, 5.74) is 0.674. The Balaban J connectivity index is 1.79. The van der Waals surface area contributed by atoms with Crippen LogP contribution in [0.15, 0.2) is 52.9 Å². The molecule has 0 N–H and O–H groups in total. The molecule has 5 nitrogen and oxygen atoms in total. The van der Waals surface area contributed by atoms with Crippen LogP contribution in [0, 0.1) is 17.1 Å². The molecule has 0 bridgehead atoms. The van der Waals surface area contributed by atoms with Gasteiger partial charge in [0, 0.05) is 13.2 Å². The smallest absolute Gasteiger partial charge is 0.220 e. The van der Waals surface area contributed by atoms with Gasteiger partial charge in [-0.05, 0) is 42.7 Å². The summed E-state index contributed by atoms with van der Waals surface area (Å²) in [7, 11) is 0. The molecular formula is C21H17FN2O3. The second-order valence-corrected chi connectivity index (χ2v) is 6.65. The van der Waals surface area contributed by atoms with Gasteiger partial charge in [0.2, 0.25) is 5.89 Å². The number of carbonyl (C=O) groups is 1. The van der Waals surface area contributed by atoms with Crippen LogP contribution < -0.4 is 0 Å². The zero-order valence-corrected chi connectivity index (χ0v) is 14.5. The topological polar surface area (TPSA) is 76.1 Å². The average molecular weight is 364 g/mol. The van der Waals surface area contributed by atoms with E-state index in [0.29, 0.717) is 42.7 Å². The number of nitrogens with zero attached hydrogens (tertiary/aromatic N) is 2. The quantitative estimate of drug-likeness (QED) is 0.702. The number of hydrogen-bond donors (Lipinski definition) is 0. The van der Waals surface area contributed by atoms with Crippen LogP contribution in [0.25, 0.3) is 11.1 Å². The Bertz CT molecular complexity index is 998. The maximum Gasteiger partial charge on any atom is 0.220 e. The zero-order valence-electron chi connectivity index (χ0n) is 14.5. The van der Waals surface area contributed by atoms with Gasteiger partial charge in [-0.2, -0.15) is 5.26 Å². The lowest BCUT2D eigenvalue weighted by atomic mass is 9.68. The second kappa shape index (κ2) is 6.93. The van der Waals surface area contributed by atoms with Gasteiger partial charge in [-0.25, -0.2) is 9.37 Å². The van der Waals surface area contributed by atoms with Crippen molar-refractivity contribution in [2.24, 2.45) is 0 Å². The molecule has 0 aliphatic carbocycles. The van der Waals surface area contributed by atoms with Gasteiger partial charge in [0.05, 0.1) is 11.5 Å². The van der Waals surface area contributed by atoms with Gasteiger partial charge in [0.25, 0.3) is 0 Å². The lowest BCUT2D eigenvalue weighted by Gasteiger charge is -2.37. The minimum Gasteiger partial charge on any atom is -0.439 e. The lowest BCUT2D eigenvalue weighted by Crippen LogP contribution is -2.44. The van der Waals surface area contributed by atoms with Gasteiger partial charge < -0.3 is 9.15 Å². The van der Waals surface area contributed by atoms with E-state index in [1.807, 2.05) is 12.1 Å². The van der Waals surface area contributed by atoms with Crippen LogP contribution in [0.1, 0.15) is 30.2 Å². The van der Waals surface area contributed by atoms with E-state index in [1.165, 1.54) is 12.1 Å². The fraction of sp³-hybridized carbons (Fsp3) is 0.286. The lowest BCUT2D eigenvalue weighted by molar-refractivity contribution is -0.129. The Morgan fingerprint density at radius 2 is 1.96 bits per heavy atom. The molecule has 1 aliphatic rings. The number of ketones is 1. The van der Waals surface area contributed by atoms with Crippen molar-refractivity contribution in [2.75, 3.05) is 13.2 Å². The number of carbonyl (C=O) groups excluding carboxylic acids is 1. The maximum absolute atomic E-state index is 13.9. The molecule has 1 aliphatic heterocycles. The number of fused-ring (bicyclic) bond motifs is 1.